The van der Waals surface area contributed by atoms with Crippen molar-refractivity contribution in [2.24, 2.45) is 5.50 Å². The molecule has 5 atom stereocenters. The Labute approximate surface area is 196 Å². The summed E-state index contributed by atoms with van der Waals surface area (Å²) in [6.07, 6.45) is -3.97. The second-order valence-corrected chi connectivity index (χ2v) is 8.32. The summed E-state index contributed by atoms with van der Waals surface area (Å²) < 4.78 is 30.7. The third kappa shape index (κ3) is 7.77. The number of aromatic amines is 1. The lowest BCUT2D eigenvalue weighted by molar-refractivity contribution is -0.141. The number of nitrogen functional groups attached to an aromatic ring is 1. The number of hydrogen-bond acceptors (Lipinski definition) is 14. The molecule has 2 aromatic rings. The van der Waals surface area contributed by atoms with Crippen LogP contribution < -0.4 is 22.1 Å². The average molecular weight is 523 g/mol. The van der Waals surface area contributed by atoms with E-state index in [-0.39, 0.29) is 30.2 Å². The first-order valence-corrected chi connectivity index (χ1v) is 11.4. The first-order chi connectivity index (χ1) is 16.4. The molecule has 35 heavy (non-hydrogen) atoms. The summed E-state index contributed by atoms with van der Waals surface area (Å²) in [5.74, 6) is -0.977. The fourth-order valence-corrected chi connectivity index (χ4v) is 3.18. The first kappa shape index (κ1) is 28.3. The van der Waals surface area contributed by atoms with Gasteiger partial charge in [0, 0.05) is 0 Å². The molecule has 0 radical (unpaired) electrons. The van der Waals surface area contributed by atoms with Gasteiger partial charge in [0.05, 0.1) is 40.2 Å². The molecule has 9 N–H and O–H groups in total. The van der Waals surface area contributed by atoms with Crippen molar-refractivity contribution in [1.82, 2.24) is 24.8 Å². The molecular formula is C16H26N7O11P. The van der Waals surface area contributed by atoms with Crippen molar-refractivity contribution >= 4 is 36.8 Å². The smallest absolute Gasteiger partial charge is 0.400 e. The number of rotatable bonds is 8. The zero-order valence-corrected chi connectivity index (χ0v) is 19.5. The highest BCUT2D eigenvalue weighted by Gasteiger charge is 2.45. The van der Waals surface area contributed by atoms with Crippen LogP contribution in [0.1, 0.15) is 6.23 Å². The number of hydrogen-bond donors (Lipinski definition) is 7. The summed E-state index contributed by atoms with van der Waals surface area (Å²) >= 11 is 0. The van der Waals surface area contributed by atoms with Gasteiger partial charge in [0.2, 0.25) is 5.95 Å². The van der Waals surface area contributed by atoms with E-state index >= 15 is 0 Å². The number of imidazole rings is 1. The molecular weight excluding hydrogens is 497 g/mol. The van der Waals surface area contributed by atoms with Gasteiger partial charge in [0.1, 0.15) is 18.3 Å². The summed E-state index contributed by atoms with van der Waals surface area (Å²) in [6, 6.07) is 0. The van der Waals surface area contributed by atoms with Crippen molar-refractivity contribution in [2.45, 2.75) is 24.5 Å². The number of fused-ring (bicyclic) bond motifs is 1. The third-order valence-electron chi connectivity index (χ3n) is 4.48. The van der Waals surface area contributed by atoms with Crippen LogP contribution in [0.3, 0.4) is 0 Å². The molecule has 0 amide bonds. The molecule has 0 saturated carbocycles. The largest absolute Gasteiger partial charge is 0.468 e. The minimum Gasteiger partial charge on any atom is -0.468 e. The number of ether oxygens (including phenoxy) is 3. The Kier molecular flexibility index (Phi) is 9.81. The van der Waals surface area contributed by atoms with E-state index in [1.165, 1.54) is 25.1 Å². The molecule has 196 valence electrons. The van der Waals surface area contributed by atoms with Crippen molar-refractivity contribution in [3.8, 4) is 0 Å². The van der Waals surface area contributed by atoms with Gasteiger partial charge in [-0.15, -0.1) is 0 Å². The summed E-state index contributed by atoms with van der Waals surface area (Å²) in [6.45, 7) is -0.487. The van der Waals surface area contributed by atoms with Gasteiger partial charge < -0.3 is 35.1 Å². The SMILES string of the molecule is COC(=O)CNCC(=O)OC.Nc1nc2c(ncn2[C@@H]2O[C@H](COP(N)(=O)O)[C@@H](O)[C@H]2O)c(=O)[nH]1. The van der Waals surface area contributed by atoms with Crippen LogP contribution in [0.5, 0.6) is 0 Å². The Bertz CT molecular complexity index is 1120. The molecule has 1 aliphatic rings. The Morgan fingerprint density at radius 1 is 1.26 bits per heavy atom. The maximum absolute atomic E-state index is 11.8. The van der Waals surface area contributed by atoms with Gasteiger partial charge in [-0.1, -0.05) is 0 Å². The molecule has 0 bridgehead atoms. The standard InChI is InChI=1S/C10H15N6O7P.C6H11NO4/c11-10-14-7-4(8(19)15-10)13-2-16(7)9-6(18)5(17)3(23-9)1-22-24(12,20)21;1-10-5(8)3-7-4-6(9)11-2/h2-3,5-6,9,17-18H,1H2,(H3,12,20,21)(H3,11,14,15,19);7H,3-4H2,1-2H3/t3-,5-,6-,9-;/m1./s1. The average Bonchev–Trinajstić information content (AvgIpc) is 3.33. The molecule has 3 rings (SSSR count). The molecule has 1 fully saturated rings. The number of carbonyl (C=O) groups excluding carboxylic acids is 2. The Hall–Kier alpha value is -2.96. The van der Waals surface area contributed by atoms with Crippen molar-refractivity contribution < 1.29 is 48.0 Å². The lowest BCUT2D eigenvalue weighted by Crippen LogP contribution is -2.33. The van der Waals surface area contributed by atoms with Crippen LogP contribution >= 0.6 is 7.75 Å². The lowest BCUT2D eigenvalue weighted by atomic mass is 10.1. The van der Waals surface area contributed by atoms with Gasteiger partial charge in [-0.2, -0.15) is 4.98 Å². The fraction of sp³-hybridized carbons (Fsp3) is 0.562. The number of H-pyrrole nitrogens is 1. The molecule has 0 aliphatic carbocycles. The molecule has 0 aromatic carbocycles. The van der Waals surface area contributed by atoms with Crippen molar-refractivity contribution in [1.29, 1.82) is 0 Å². The summed E-state index contributed by atoms with van der Waals surface area (Å²) in [7, 11) is -1.70. The zero-order valence-electron chi connectivity index (χ0n) is 18.6. The molecule has 0 spiro atoms. The van der Waals surface area contributed by atoms with Crippen LogP contribution in [0.25, 0.3) is 11.2 Å². The Morgan fingerprint density at radius 3 is 2.40 bits per heavy atom. The van der Waals surface area contributed by atoms with Crippen LogP contribution in [-0.4, -0.2) is 98.8 Å². The third-order valence-corrected chi connectivity index (χ3v) is 5.00. The van der Waals surface area contributed by atoms with Crippen LogP contribution in [0.2, 0.25) is 0 Å². The van der Waals surface area contributed by atoms with Gasteiger partial charge >= 0.3 is 19.7 Å². The van der Waals surface area contributed by atoms with E-state index in [2.05, 4.69) is 34.3 Å². The van der Waals surface area contributed by atoms with E-state index < -0.39 is 56.4 Å². The van der Waals surface area contributed by atoms with E-state index in [0.29, 0.717) is 0 Å². The molecule has 1 unspecified atom stereocenters. The number of nitrogens with zero attached hydrogens (tertiary/aromatic N) is 3. The number of nitrogens with one attached hydrogen (secondary N) is 2. The Balaban J connectivity index is 0.000000334. The topological polar surface area (TPSA) is 276 Å². The van der Waals surface area contributed by atoms with Gasteiger partial charge in [0.25, 0.3) is 5.56 Å². The van der Waals surface area contributed by atoms with Crippen molar-refractivity contribution in [2.75, 3.05) is 39.6 Å². The monoisotopic (exact) mass is 523 g/mol. The fourth-order valence-electron chi connectivity index (χ4n) is 2.82. The highest BCUT2D eigenvalue weighted by molar-refractivity contribution is 7.50. The van der Waals surface area contributed by atoms with Crippen molar-refractivity contribution in [3.63, 3.8) is 0 Å². The number of carbonyl (C=O) groups is 2. The minimum atomic E-state index is -4.26. The van der Waals surface area contributed by atoms with Gasteiger partial charge in [-0.25, -0.2) is 15.1 Å². The number of esters is 2. The summed E-state index contributed by atoms with van der Waals surface area (Å²) in [4.78, 5) is 51.6. The van der Waals surface area contributed by atoms with Crippen LogP contribution in [0.4, 0.5) is 5.95 Å². The van der Waals surface area contributed by atoms with E-state index in [9.17, 15) is 29.2 Å². The van der Waals surface area contributed by atoms with Gasteiger partial charge in [-0.05, 0) is 0 Å². The highest BCUT2D eigenvalue weighted by atomic mass is 31.2. The van der Waals surface area contributed by atoms with E-state index in [1.54, 1.807) is 0 Å². The van der Waals surface area contributed by atoms with Crippen LogP contribution in [0, 0.1) is 0 Å². The molecule has 1 saturated heterocycles. The maximum atomic E-state index is 11.8. The maximum Gasteiger partial charge on any atom is 0.400 e. The lowest BCUT2D eigenvalue weighted by Gasteiger charge is -2.16. The van der Waals surface area contributed by atoms with Gasteiger partial charge in [0.15, 0.2) is 17.4 Å². The van der Waals surface area contributed by atoms with E-state index in [4.69, 9.17) is 20.9 Å². The Morgan fingerprint density at radius 2 is 1.86 bits per heavy atom. The first-order valence-electron chi connectivity index (χ1n) is 9.72. The van der Waals surface area contributed by atoms with Crippen LogP contribution in [-0.2, 0) is 32.9 Å². The second kappa shape index (κ2) is 12.1. The second-order valence-electron chi connectivity index (χ2n) is 6.94. The van der Waals surface area contributed by atoms with E-state index in [1.807, 2.05) is 0 Å². The summed E-state index contributed by atoms with van der Waals surface area (Å²) in [5.41, 5.74) is 9.76. The predicted molar refractivity (Wildman–Crippen MR) is 115 cm³/mol. The number of aromatic nitrogens is 4. The van der Waals surface area contributed by atoms with Gasteiger partial charge in [-0.3, -0.25) is 33.8 Å². The molecule has 18 nitrogen and oxygen atoms in total. The highest BCUT2D eigenvalue weighted by Crippen LogP contribution is 2.36. The molecule has 2 aromatic heterocycles. The van der Waals surface area contributed by atoms with Crippen molar-refractivity contribution in [3.05, 3.63) is 16.7 Å². The number of aliphatic hydroxyl groups is 2. The molecule has 3 heterocycles. The zero-order chi connectivity index (χ0) is 26.3. The minimum absolute atomic E-state index is 0.0194. The number of aliphatic hydroxyl groups excluding tert-OH is 2. The predicted octanol–water partition coefficient (Wildman–Crippen LogP) is -3.68. The number of anilines is 1. The number of nitrogens with two attached hydrogens (primary N) is 2. The quantitative estimate of drug-likeness (QED) is 0.129. The number of methoxy groups -OCH3 is 2. The summed E-state index contributed by atoms with van der Waals surface area (Å²) in [5, 5.41) is 22.7. The van der Waals surface area contributed by atoms with Crippen LogP contribution in [0.15, 0.2) is 11.1 Å². The molecule has 19 heteroatoms. The van der Waals surface area contributed by atoms with E-state index in [0.717, 1.165) is 0 Å². The molecule has 1 aliphatic heterocycles. The normalized spacial score (nSPS) is 23.3.